The second kappa shape index (κ2) is 8.56. The van der Waals surface area contributed by atoms with Crippen molar-refractivity contribution in [3.8, 4) is 0 Å². The molecule has 0 aliphatic carbocycles. The fourth-order valence-corrected chi connectivity index (χ4v) is 4.45. The molecule has 0 atom stereocenters. The fraction of sp³-hybridized carbons (Fsp3) is 0.650. The molecule has 0 unspecified atom stereocenters. The monoisotopic (exact) mass is 362 g/mol. The number of carbonyl (C=O) groups is 1. The first-order chi connectivity index (χ1) is 12.0. The summed E-state index contributed by atoms with van der Waals surface area (Å²) in [5.74, 6) is 0.257. The van der Waals surface area contributed by atoms with Crippen LogP contribution in [-0.4, -0.2) is 66.4 Å². The van der Waals surface area contributed by atoms with Gasteiger partial charge < -0.3 is 9.64 Å². The van der Waals surface area contributed by atoms with Gasteiger partial charge in [0, 0.05) is 49.5 Å². The van der Waals surface area contributed by atoms with Crippen molar-refractivity contribution >= 4 is 17.7 Å². The van der Waals surface area contributed by atoms with Gasteiger partial charge >= 0.3 is 0 Å². The molecule has 138 valence electrons. The van der Waals surface area contributed by atoms with Crippen molar-refractivity contribution in [1.82, 2.24) is 9.80 Å². The van der Waals surface area contributed by atoms with Gasteiger partial charge in [-0.1, -0.05) is 26.0 Å². The second-order valence-corrected chi connectivity index (χ2v) is 9.06. The van der Waals surface area contributed by atoms with Crippen molar-refractivity contribution in [2.75, 3.05) is 33.3 Å². The van der Waals surface area contributed by atoms with Crippen molar-refractivity contribution in [3.63, 3.8) is 0 Å². The third kappa shape index (κ3) is 4.99. The van der Waals surface area contributed by atoms with Gasteiger partial charge in [-0.3, -0.25) is 9.69 Å². The van der Waals surface area contributed by atoms with Gasteiger partial charge in [0.1, 0.15) is 0 Å². The summed E-state index contributed by atoms with van der Waals surface area (Å²) in [6.07, 6.45) is 3.17. The largest absolute Gasteiger partial charge is 0.381 e. The molecular formula is C20H30N2O2S. The molecule has 0 spiro atoms. The molecule has 0 saturated carbocycles. The summed E-state index contributed by atoms with van der Waals surface area (Å²) in [6.45, 7) is 8.36. The molecule has 1 aromatic rings. The number of ether oxygens (including phenoxy) is 1. The number of thioether (sulfide) groups is 1. The molecule has 2 aliphatic rings. The molecule has 5 heteroatoms. The van der Waals surface area contributed by atoms with Gasteiger partial charge in [0.25, 0.3) is 0 Å². The maximum Gasteiger partial charge on any atom is 0.227 e. The summed E-state index contributed by atoms with van der Waals surface area (Å²) in [4.78, 5) is 18.3. The van der Waals surface area contributed by atoms with Crippen molar-refractivity contribution in [3.05, 3.63) is 29.8 Å². The quantitative estimate of drug-likeness (QED) is 0.728. The van der Waals surface area contributed by atoms with E-state index in [9.17, 15) is 4.79 Å². The summed E-state index contributed by atoms with van der Waals surface area (Å²) < 4.78 is 5.43. The molecule has 1 aromatic carbocycles. The Hall–Kier alpha value is -1.04. The molecule has 3 rings (SSSR count). The second-order valence-electron chi connectivity index (χ2n) is 7.41. The number of rotatable bonds is 6. The van der Waals surface area contributed by atoms with Gasteiger partial charge in [-0.05, 0) is 30.5 Å². The summed E-state index contributed by atoms with van der Waals surface area (Å²) in [5, 5.41) is 0.583. The Bertz CT molecular complexity index is 562. The van der Waals surface area contributed by atoms with Crippen molar-refractivity contribution in [2.45, 2.75) is 55.4 Å². The van der Waals surface area contributed by atoms with Crippen molar-refractivity contribution in [2.24, 2.45) is 0 Å². The first-order valence-corrected chi connectivity index (χ1v) is 10.2. The zero-order valence-electron chi connectivity index (χ0n) is 15.6. The standard InChI is InChI=1S/C20H30N2O2S/c1-15(2)25-19-6-4-16(5-7-19)12-20(23)22-13-17(14-22)21-10-8-18(24-3)9-11-21/h4-7,15,17-18H,8-14H2,1-3H3. The van der Waals surface area contributed by atoms with Crippen LogP contribution in [0.15, 0.2) is 29.2 Å². The number of hydrogen-bond acceptors (Lipinski definition) is 4. The smallest absolute Gasteiger partial charge is 0.227 e. The maximum absolute atomic E-state index is 12.5. The van der Waals surface area contributed by atoms with E-state index >= 15 is 0 Å². The summed E-state index contributed by atoms with van der Waals surface area (Å²) >= 11 is 1.86. The van der Waals surface area contributed by atoms with Crippen LogP contribution < -0.4 is 0 Å². The maximum atomic E-state index is 12.5. The number of hydrogen-bond donors (Lipinski definition) is 0. The first-order valence-electron chi connectivity index (χ1n) is 9.35. The highest BCUT2D eigenvalue weighted by atomic mass is 32.2. The number of nitrogens with zero attached hydrogens (tertiary/aromatic N) is 2. The van der Waals surface area contributed by atoms with E-state index in [4.69, 9.17) is 4.74 Å². The first kappa shape index (κ1) is 18.7. The van der Waals surface area contributed by atoms with E-state index in [1.54, 1.807) is 7.11 Å². The van der Waals surface area contributed by atoms with E-state index in [0.29, 0.717) is 23.8 Å². The number of methoxy groups -OCH3 is 1. The number of carbonyl (C=O) groups excluding carboxylic acids is 1. The van der Waals surface area contributed by atoms with Crippen LogP contribution in [0, 0.1) is 0 Å². The number of amides is 1. The topological polar surface area (TPSA) is 32.8 Å². The van der Waals surface area contributed by atoms with Gasteiger partial charge in [0.2, 0.25) is 5.91 Å². The van der Waals surface area contributed by atoms with Crippen LogP contribution in [0.25, 0.3) is 0 Å². The molecule has 1 amide bonds. The molecule has 4 nitrogen and oxygen atoms in total. The average molecular weight is 363 g/mol. The van der Waals surface area contributed by atoms with Crippen LogP contribution in [0.1, 0.15) is 32.3 Å². The van der Waals surface area contributed by atoms with Gasteiger partial charge in [-0.2, -0.15) is 0 Å². The highest BCUT2D eigenvalue weighted by Crippen LogP contribution is 2.24. The zero-order chi connectivity index (χ0) is 17.8. The molecule has 2 aliphatic heterocycles. The number of likely N-dealkylation sites (tertiary alicyclic amines) is 2. The predicted octanol–water partition coefficient (Wildman–Crippen LogP) is 3.05. The predicted molar refractivity (Wildman–Crippen MR) is 103 cm³/mol. The summed E-state index contributed by atoms with van der Waals surface area (Å²) in [5.41, 5.74) is 1.11. The Labute approximate surface area is 155 Å². The number of piperidine rings is 1. The van der Waals surface area contributed by atoms with Crippen LogP contribution in [0.5, 0.6) is 0 Å². The lowest BCUT2D eigenvalue weighted by atomic mass is 10.00. The molecule has 25 heavy (non-hydrogen) atoms. The Balaban J connectivity index is 1.42. The molecule has 2 saturated heterocycles. The van der Waals surface area contributed by atoms with Gasteiger partial charge in [-0.25, -0.2) is 0 Å². The fourth-order valence-electron chi connectivity index (χ4n) is 3.61. The Kier molecular flexibility index (Phi) is 6.42. The third-order valence-electron chi connectivity index (χ3n) is 5.19. The van der Waals surface area contributed by atoms with Gasteiger partial charge in [-0.15, -0.1) is 11.8 Å². The molecule has 0 radical (unpaired) electrons. The molecule has 0 bridgehead atoms. The van der Waals surface area contributed by atoms with Crippen LogP contribution in [0.3, 0.4) is 0 Å². The van der Waals surface area contributed by atoms with Crippen LogP contribution in [0.4, 0.5) is 0 Å². The van der Waals surface area contributed by atoms with E-state index in [1.165, 1.54) is 4.90 Å². The van der Waals surface area contributed by atoms with E-state index < -0.39 is 0 Å². The summed E-state index contributed by atoms with van der Waals surface area (Å²) in [7, 11) is 1.80. The molecule has 2 fully saturated rings. The van der Waals surface area contributed by atoms with E-state index in [-0.39, 0.29) is 5.91 Å². The molecular weight excluding hydrogens is 332 g/mol. The van der Waals surface area contributed by atoms with Crippen molar-refractivity contribution in [1.29, 1.82) is 0 Å². The third-order valence-corrected chi connectivity index (χ3v) is 6.21. The minimum Gasteiger partial charge on any atom is -0.381 e. The molecule has 2 heterocycles. The highest BCUT2D eigenvalue weighted by Gasteiger charge is 2.36. The van der Waals surface area contributed by atoms with Crippen LogP contribution in [0.2, 0.25) is 0 Å². The normalized spacial score (nSPS) is 20.1. The van der Waals surface area contributed by atoms with Gasteiger partial charge in [0.05, 0.1) is 12.5 Å². The SMILES string of the molecule is COC1CCN(C2CN(C(=O)Cc3ccc(SC(C)C)cc3)C2)CC1. The average Bonchev–Trinajstić information content (AvgIpc) is 2.55. The highest BCUT2D eigenvalue weighted by molar-refractivity contribution is 7.99. The Morgan fingerprint density at radius 3 is 2.40 bits per heavy atom. The van der Waals surface area contributed by atoms with Gasteiger partial charge in [0.15, 0.2) is 0 Å². The minimum absolute atomic E-state index is 0.257. The van der Waals surface area contributed by atoms with Crippen LogP contribution in [-0.2, 0) is 16.0 Å². The summed E-state index contributed by atoms with van der Waals surface area (Å²) in [6, 6.07) is 9.00. The minimum atomic E-state index is 0.257. The Morgan fingerprint density at radius 1 is 1.20 bits per heavy atom. The lowest BCUT2D eigenvalue weighted by Crippen LogP contribution is -2.62. The lowest BCUT2D eigenvalue weighted by Gasteiger charge is -2.47. The molecule has 0 aromatic heterocycles. The van der Waals surface area contributed by atoms with Crippen LogP contribution >= 0.6 is 11.8 Å². The molecule has 0 N–H and O–H groups in total. The van der Waals surface area contributed by atoms with E-state index in [1.807, 2.05) is 16.7 Å². The van der Waals surface area contributed by atoms with E-state index in [2.05, 4.69) is 43.0 Å². The van der Waals surface area contributed by atoms with Crippen molar-refractivity contribution < 1.29 is 9.53 Å². The van der Waals surface area contributed by atoms with E-state index in [0.717, 1.165) is 44.6 Å². The lowest BCUT2D eigenvalue weighted by molar-refractivity contribution is -0.138. The zero-order valence-corrected chi connectivity index (χ0v) is 16.4. The number of benzene rings is 1. The Morgan fingerprint density at radius 2 is 1.84 bits per heavy atom.